The van der Waals surface area contributed by atoms with Crippen LogP contribution in [0.5, 0.6) is 0 Å². The third-order valence-electron chi connectivity index (χ3n) is 2.38. The third-order valence-corrected chi connectivity index (χ3v) is 2.38. The van der Waals surface area contributed by atoms with Gasteiger partial charge in [-0.25, -0.2) is 4.79 Å². The topological polar surface area (TPSA) is 132 Å². The first-order valence-corrected chi connectivity index (χ1v) is 6.32. The van der Waals surface area contributed by atoms with Crippen LogP contribution in [-0.4, -0.2) is 33.6 Å². The molecule has 3 N–H and O–H groups in total. The normalized spacial score (nSPS) is 13.3. The molecular weight excluding hydrogens is 292 g/mol. The van der Waals surface area contributed by atoms with E-state index in [0.717, 1.165) is 0 Å². The minimum atomic E-state index is -0.875. The predicted molar refractivity (Wildman–Crippen MR) is 74.9 cm³/mol. The zero-order chi connectivity index (χ0) is 16.7. The molecule has 22 heavy (non-hydrogen) atoms. The van der Waals surface area contributed by atoms with Gasteiger partial charge in [-0.2, -0.15) is 0 Å². The maximum Gasteiger partial charge on any atom is 0.367 e. The summed E-state index contributed by atoms with van der Waals surface area (Å²) in [6.07, 6.45) is 2.74. The molecule has 0 aliphatic carbocycles. The summed E-state index contributed by atoms with van der Waals surface area (Å²) in [4.78, 5) is 52.2. The van der Waals surface area contributed by atoms with E-state index in [9.17, 15) is 19.2 Å². The van der Waals surface area contributed by atoms with Crippen molar-refractivity contribution in [1.82, 2.24) is 10.0 Å². The van der Waals surface area contributed by atoms with Gasteiger partial charge >= 0.3 is 5.97 Å². The lowest BCUT2D eigenvalue weighted by molar-refractivity contribution is -0.172. The second-order valence-corrected chi connectivity index (χ2v) is 4.43. The van der Waals surface area contributed by atoms with Crippen molar-refractivity contribution in [2.75, 3.05) is 5.43 Å². The van der Waals surface area contributed by atoms with Crippen molar-refractivity contribution < 1.29 is 24.0 Å². The van der Waals surface area contributed by atoms with Crippen molar-refractivity contribution in [2.24, 2.45) is 5.84 Å². The molecule has 0 spiro atoms. The van der Waals surface area contributed by atoms with Crippen LogP contribution < -0.4 is 11.3 Å². The monoisotopic (exact) mass is 308 g/mol. The Balaban J connectivity index is 0.000000541. The van der Waals surface area contributed by atoms with E-state index in [0.29, 0.717) is 5.06 Å². The van der Waals surface area contributed by atoms with Crippen LogP contribution in [0.3, 0.4) is 0 Å². The molecule has 1 aromatic rings. The number of ketones is 1. The smallest absolute Gasteiger partial charge is 0.325 e. The van der Waals surface area contributed by atoms with E-state index in [2.05, 4.69) is 10.4 Å². The highest BCUT2D eigenvalue weighted by Crippen LogP contribution is 2.17. The molecule has 1 saturated heterocycles. The number of amides is 2. The fourth-order valence-corrected chi connectivity index (χ4v) is 1.47. The highest BCUT2D eigenvalue weighted by atomic mass is 16.7. The maximum absolute atomic E-state index is 11.8. The van der Waals surface area contributed by atoms with Crippen LogP contribution in [0.25, 0.3) is 0 Å². The van der Waals surface area contributed by atoms with Crippen molar-refractivity contribution in [3.63, 3.8) is 0 Å². The molecule has 0 unspecified atom stereocenters. The van der Waals surface area contributed by atoms with Gasteiger partial charge in [-0.15, -0.1) is 5.06 Å². The molecule has 2 amide bonds. The quantitative estimate of drug-likeness (QED) is 0.459. The molecule has 0 radical (unpaired) electrons. The van der Waals surface area contributed by atoms with Gasteiger partial charge < -0.3 is 15.1 Å². The van der Waals surface area contributed by atoms with Crippen LogP contribution in [0.4, 0.5) is 5.69 Å². The van der Waals surface area contributed by atoms with Crippen LogP contribution in [0.1, 0.15) is 37.0 Å². The Morgan fingerprint density at radius 3 is 2.32 bits per heavy atom. The highest BCUT2D eigenvalue weighted by Gasteiger charge is 2.33. The van der Waals surface area contributed by atoms with Gasteiger partial charge in [-0.05, 0) is 19.9 Å². The molecule has 118 valence electrons. The minimum absolute atomic E-state index is 0.0347. The van der Waals surface area contributed by atoms with Gasteiger partial charge in [0.15, 0.2) is 0 Å². The average molecular weight is 308 g/mol. The van der Waals surface area contributed by atoms with E-state index >= 15 is 0 Å². The summed E-state index contributed by atoms with van der Waals surface area (Å²) < 4.78 is 0. The van der Waals surface area contributed by atoms with Gasteiger partial charge in [0.05, 0.1) is 5.69 Å². The lowest BCUT2D eigenvalue weighted by Crippen LogP contribution is -2.32. The van der Waals surface area contributed by atoms with Gasteiger partial charge in [0, 0.05) is 25.2 Å². The summed E-state index contributed by atoms with van der Waals surface area (Å²) in [6.45, 7) is 3.06. The molecule has 1 aliphatic rings. The number of Topliss-reactive ketones (excluding diaryl/α,β-unsaturated/α-hetero) is 1. The third kappa shape index (κ3) is 4.63. The molecule has 1 fully saturated rings. The lowest BCUT2D eigenvalue weighted by Gasteiger charge is -2.13. The first kappa shape index (κ1) is 17.2. The van der Waals surface area contributed by atoms with Gasteiger partial charge in [0.25, 0.3) is 11.8 Å². The second-order valence-electron chi connectivity index (χ2n) is 4.43. The van der Waals surface area contributed by atoms with Crippen molar-refractivity contribution in [3.8, 4) is 0 Å². The van der Waals surface area contributed by atoms with Crippen LogP contribution in [0.2, 0.25) is 0 Å². The number of aromatic nitrogens is 1. The number of nitrogen functional groups attached to an aromatic ring is 1. The van der Waals surface area contributed by atoms with E-state index in [-0.39, 0.29) is 29.9 Å². The molecule has 2 heterocycles. The van der Waals surface area contributed by atoms with Crippen molar-refractivity contribution in [3.05, 3.63) is 24.0 Å². The van der Waals surface area contributed by atoms with Crippen molar-refractivity contribution in [1.29, 1.82) is 0 Å². The summed E-state index contributed by atoms with van der Waals surface area (Å²) in [5.74, 6) is 3.43. The van der Waals surface area contributed by atoms with E-state index < -0.39 is 17.8 Å². The molecular formula is C13H16N4O5. The van der Waals surface area contributed by atoms with E-state index in [4.69, 9.17) is 10.7 Å². The number of rotatable bonds is 3. The number of hydroxylamine groups is 2. The number of nitrogens with zero attached hydrogens (tertiary/aromatic N) is 2. The number of pyridine rings is 1. The standard InChI is InChI=1S/C10H10N4O4.C3H6O/c11-13-7-3-4-12-5-6(7)10(17)18-14-8(15)1-2-9(14)16;1-3(2)4/h3-5H,1-2,11H2,(H,12,13);1-2H3. The summed E-state index contributed by atoms with van der Waals surface area (Å²) in [5, 5.41) is 0.468. The van der Waals surface area contributed by atoms with Gasteiger partial charge in [-0.1, -0.05) is 0 Å². The summed E-state index contributed by atoms with van der Waals surface area (Å²) in [5.41, 5.74) is 2.62. The van der Waals surface area contributed by atoms with Gasteiger partial charge in [0.2, 0.25) is 0 Å². The molecule has 0 bridgehead atoms. The van der Waals surface area contributed by atoms with Crippen LogP contribution >= 0.6 is 0 Å². The first-order chi connectivity index (χ1) is 10.4. The zero-order valence-electron chi connectivity index (χ0n) is 12.2. The van der Waals surface area contributed by atoms with Crippen molar-refractivity contribution >= 4 is 29.3 Å². The van der Waals surface area contributed by atoms with Crippen LogP contribution in [-0.2, 0) is 19.2 Å². The molecule has 2 rings (SSSR count). The Morgan fingerprint density at radius 2 is 1.82 bits per heavy atom. The summed E-state index contributed by atoms with van der Waals surface area (Å²) >= 11 is 0. The summed E-state index contributed by atoms with van der Waals surface area (Å²) in [7, 11) is 0. The predicted octanol–water partition coefficient (Wildman–Crippen LogP) is 0.183. The Bertz CT molecular complexity index is 582. The van der Waals surface area contributed by atoms with Gasteiger partial charge in [-0.3, -0.25) is 20.4 Å². The molecule has 0 saturated carbocycles. The Labute approximate surface area is 126 Å². The van der Waals surface area contributed by atoms with Crippen LogP contribution in [0, 0.1) is 0 Å². The number of carbonyl (C=O) groups is 4. The Hall–Kier alpha value is -2.81. The maximum atomic E-state index is 11.8. The summed E-state index contributed by atoms with van der Waals surface area (Å²) in [6, 6.07) is 1.46. The number of imide groups is 1. The van der Waals surface area contributed by atoms with E-state index in [1.807, 2.05) is 0 Å². The number of nitrogens with one attached hydrogen (secondary N) is 1. The van der Waals surface area contributed by atoms with E-state index in [1.54, 1.807) is 0 Å². The highest BCUT2D eigenvalue weighted by molar-refractivity contribution is 6.03. The molecule has 0 atom stereocenters. The number of hydrazine groups is 1. The molecule has 0 aromatic carbocycles. The van der Waals surface area contributed by atoms with Gasteiger partial charge in [0.1, 0.15) is 11.3 Å². The number of hydrogen-bond donors (Lipinski definition) is 2. The number of carbonyl (C=O) groups excluding carboxylic acids is 4. The number of nitrogens with two attached hydrogens (primary N) is 1. The molecule has 9 heteroatoms. The average Bonchev–Trinajstić information content (AvgIpc) is 2.78. The number of hydrogen-bond acceptors (Lipinski definition) is 8. The minimum Gasteiger partial charge on any atom is -0.325 e. The number of anilines is 1. The van der Waals surface area contributed by atoms with Crippen LogP contribution in [0.15, 0.2) is 18.5 Å². The first-order valence-electron chi connectivity index (χ1n) is 6.32. The van der Waals surface area contributed by atoms with Crippen molar-refractivity contribution in [2.45, 2.75) is 26.7 Å². The fourth-order valence-electron chi connectivity index (χ4n) is 1.47. The fraction of sp³-hybridized carbons (Fsp3) is 0.308. The Morgan fingerprint density at radius 1 is 1.27 bits per heavy atom. The largest absolute Gasteiger partial charge is 0.367 e. The second kappa shape index (κ2) is 7.84. The molecule has 1 aromatic heterocycles. The molecule has 9 nitrogen and oxygen atoms in total. The lowest BCUT2D eigenvalue weighted by atomic mass is 10.2. The molecule has 1 aliphatic heterocycles. The van der Waals surface area contributed by atoms with E-state index in [1.165, 1.54) is 32.3 Å². The Kier molecular flexibility index (Phi) is 6.14. The SMILES string of the molecule is CC(C)=O.NNc1ccncc1C(=O)ON1C(=O)CCC1=O. The zero-order valence-corrected chi connectivity index (χ0v) is 12.2.